The summed E-state index contributed by atoms with van der Waals surface area (Å²) in [6.45, 7) is 1.29. The molecule has 0 aliphatic heterocycles. The van der Waals surface area contributed by atoms with E-state index in [2.05, 4.69) is 4.90 Å². The van der Waals surface area contributed by atoms with E-state index >= 15 is 0 Å². The zero-order chi connectivity index (χ0) is 17.0. The molecule has 1 aromatic heterocycles. The van der Waals surface area contributed by atoms with Gasteiger partial charge in [-0.15, -0.1) is 0 Å². The minimum absolute atomic E-state index is 0.319. The van der Waals surface area contributed by atoms with Crippen molar-refractivity contribution >= 4 is 16.9 Å². The van der Waals surface area contributed by atoms with E-state index in [-0.39, 0.29) is 5.97 Å². The third-order valence-electron chi connectivity index (χ3n) is 3.74. The number of carbonyl (C=O) groups is 1. The summed E-state index contributed by atoms with van der Waals surface area (Å²) in [7, 11) is 9.00. The Morgan fingerprint density at radius 3 is 2.39 bits per heavy atom. The summed E-state index contributed by atoms with van der Waals surface area (Å²) in [5.41, 5.74) is 1.41. The lowest BCUT2D eigenvalue weighted by Crippen LogP contribution is -2.17. The van der Waals surface area contributed by atoms with Crippen molar-refractivity contribution in [2.45, 2.75) is 6.42 Å². The lowest BCUT2D eigenvalue weighted by molar-refractivity contribution is 0.0482. The van der Waals surface area contributed by atoms with Gasteiger partial charge in [0.05, 0.1) is 26.3 Å². The Morgan fingerprint density at radius 2 is 1.78 bits per heavy atom. The first-order valence-electron chi connectivity index (χ1n) is 7.51. The van der Waals surface area contributed by atoms with Crippen LogP contribution in [0, 0.1) is 0 Å². The van der Waals surface area contributed by atoms with Crippen LogP contribution in [0.15, 0.2) is 18.2 Å². The molecule has 6 heteroatoms. The van der Waals surface area contributed by atoms with Gasteiger partial charge >= 0.3 is 5.97 Å². The number of methoxy groups -OCH3 is 2. The van der Waals surface area contributed by atoms with Crippen LogP contribution in [0.25, 0.3) is 10.9 Å². The predicted molar refractivity (Wildman–Crippen MR) is 89.5 cm³/mol. The fourth-order valence-corrected chi connectivity index (χ4v) is 2.48. The van der Waals surface area contributed by atoms with E-state index in [1.807, 2.05) is 43.9 Å². The number of aryl methyl sites for hydroxylation is 1. The van der Waals surface area contributed by atoms with Crippen LogP contribution in [-0.2, 0) is 11.8 Å². The molecule has 0 spiro atoms. The van der Waals surface area contributed by atoms with Crippen molar-refractivity contribution in [2.24, 2.45) is 7.05 Å². The van der Waals surface area contributed by atoms with E-state index < -0.39 is 0 Å². The molecule has 23 heavy (non-hydrogen) atoms. The second kappa shape index (κ2) is 7.37. The Kier molecular flexibility index (Phi) is 5.50. The predicted octanol–water partition coefficient (Wildman–Crippen LogP) is 2.30. The van der Waals surface area contributed by atoms with Crippen LogP contribution in [0.3, 0.4) is 0 Å². The van der Waals surface area contributed by atoms with Gasteiger partial charge in [-0.3, -0.25) is 0 Å². The Bertz CT molecular complexity index is 691. The number of hydrogen-bond acceptors (Lipinski definition) is 5. The van der Waals surface area contributed by atoms with Crippen molar-refractivity contribution in [3.8, 4) is 11.5 Å². The average Bonchev–Trinajstić information content (AvgIpc) is 2.86. The molecule has 0 saturated carbocycles. The number of aromatic nitrogens is 1. The molecule has 0 aliphatic rings. The highest BCUT2D eigenvalue weighted by Gasteiger charge is 2.17. The van der Waals surface area contributed by atoms with Gasteiger partial charge < -0.3 is 23.7 Å². The normalized spacial score (nSPS) is 11.0. The minimum Gasteiger partial charge on any atom is -0.493 e. The SMILES string of the molecule is COc1cc2cc(C(=O)OCCCN(C)C)n(C)c2cc1OC. The van der Waals surface area contributed by atoms with E-state index in [4.69, 9.17) is 14.2 Å². The van der Waals surface area contributed by atoms with Gasteiger partial charge in [-0.05, 0) is 32.6 Å². The molecule has 0 saturated heterocycles. The Hall–Kier alpha value is -2.21. The number of benzene rings is 1. The highest BCUT2D eigenvalue weighted by molar-refractivity contribution is 5.96. The molecule has 0 aliphatic carbocycles. The number of ether oxygens (including phenoxy) is 3. The third-order valence-corrected chi connectivity index (χ3v) is 3.74. The van der Waals surface area contributed by atoms with Gasteiger partial charge in [0.1, 0.15) is 5.69 Å². The highest BCUT2D eigenvalue weighted by Crippen LogP contribution is 2.33. The van der Waals surface area contributed by atoms with Gasteiger partial charge in [-0.2, -0.15) is 0 Å². The Morgan fingerprint density at radius 1 is 1.13 bits per heavy atom. The van der Waals surface area contributed by atoms with Crippen molar-refractivity contribution < 1.29 is 19.0 Å². The molecule has 0 radical (unpaired) electrons. The molecule has 0 unspecified atom stereocenters. The van der Waals surface area contributed by atoms with Crippen molar-refractivity contribution in [3.05, 3.63) is 23.9 Å². The van der Waals surface area contributed by atoms with E-state index in [9.17, 15) is 4.79 Å². The molecule has 0 N–H and O–H groups in total. The smallest absolute Gasteiger partial charge is 0.354 e. The molecule has 6 nitrogen and oxygen atoms in total. The summed E-state index contributed by atoms with van der Waals surface area (Å²) >= 11 is 0. The van der Waals surface area contributed by atoms with E-state index in [1.54, 1.807) is 14.2 Å². The summed E-state index contributed by atoms with van der Waals surface area (Å²) in [5.74, 6) is 0.948. The van der Waals surface area contributed by atoms with Gasteiger partial charge in [0, 0.05) is 25.0 Å². The van der Waals surface area contributed by atoms with Crippen molar-refractivity contribution in [1.82, 2.24) is 9.47 Å². The molecular formula is C17H24N2O4. The number of nitrogens with zero attached hydrogens (tertiary/aromatic N) is 2. The summed E-state index contributed by atoms with van der Waals surface area (Å²) in [5, 5.41) is 0.908. The van der Waals surface area contributed by atoms with Crippen LogP contribution in [0.1, 0.15) is 16.9 Å². The first kappa shape index (κ1) is 17.1. The fraction of sp³-hybridized carbons (Fsp3) is 0.471. The van der Waals surface area contributed by atoms with Crippen LogP contribution in [0.2, 0.25) is 0 Å². The Balaban J connectivity index is 2.21. The quantitative estimate of drug-likeness (QED) is 0.579. The second-order valence-electron chi connectivity index (χ2n) is 5.65. The van der Waals surface area contributed by atoms with Gasteiger partial charge in [0.25, 0.3) is 0 Å². The highest BCUT2D eigenvalue weighted by atomic mass is 16.5. The summed E-state index contributed by atoms with van der Waals surface area (Å²) in [6.07, 6.45) is 0.810. The number of rotatable bonds is 7. The largest absolute Gasteiger partial charge is 0.493 e. The molecule has 0 fully saturated rings. The van der Waals surface area contributed by atoms with Gasteiger partial charge in [0.15, 0.2) is 11.5 Å². The maximum absolute atomic E-state index is 12.3. The van der Waals surface area contributed by atoms with Gasteiger partial charge in [0.2, 0.25) is 0 Å². The molecule has 0 amide bonds. The maximum Gasteiger partial charge on any atom is 0.354 e. The number of fused-ring (bicyclic) bond motifs is 1. The summed E-state index contributed by atoms with van der Waals surface area (Å²) in [6, 6.07) is 5.53. The monoisotopic (exact) mass is 320 g/mol. The topological polar surface area (TPSA) is 52.9 Å². The number of esters is 1. The molecule has 1 heterocycles. The molecule has 126 valence electrons. The molecule has 2 rings (SSSR count). The molecular weight excluding hydrogens is 296 g/mol. The van der Waals surface area contributed by atoms with Gasteiger partial charge in [-0.25, -0.2) is 4.79 Å². The zero-order valence-electron chi connectivity index (χ0n) is 14.4. The first-order chi connectivity index (χ1) is 11.0. The second-order valence-corrected chi connectivity index (χ2v) is 5.65. The van der Waals surface area contributed by atoms with Gasteiger partial charge in [-0.1, -0.05) is 0 Å². The lowest BCUT2D eigenvalue weighted by Gasteiger charge is -2.10. The van der Waals surface area contributed by atoms with E-state index in [1.165, 1.54) is 0 Å². The number of hydrogen-bond donors (Lipinski definition) is 0. The molecule has 0 bridgehead atoms. The Labute approximate surface area is 136 Å². The maximum atomic E-state index is 12.3. The van der Waals surface area contributed by atoms with E-state index in [0.29, 0.717) is 23.8 Å². The molecule has 0 atom stereocenters. The molecule has 2 aromatic rings. The average molecular weight is 320 g/mol. The van der Waals surface area contributed by atoms with Crippen LogP contribution in [-0.4, -0.2) is 56.9 Å². The summed E-state index contributed by atoms with van der Waals surface area (Å²) in [4.78, 5) is 14.3. The minimum atomic E-state index is -0.319. The van der Waals surface area contributed by atoms with Crippen molar-refractivity contribution in [1.29, 1.82) is 0 Å². The van der Waals surface area contributed by atoms with Crippen molar-refractivity contribution in [3.63, 3.8) is 0 Å². The van der Waals surface area contributed by atoms with Crippen LogP contribution < -0.4 is 9.47 Å². The first-order valence-corrected chi connectivity index (χ1v) is 7.51. The molecule has 1 aromatic carbocycles. The van der Waals surface area contributed by atoms with Crippen molar-refractivity contribution in [2.75, 3.05) is 41.5 Å². The standard InChI is InChI=1S/C17H24N2O4/c1-18(2)7-6-8-23-17(20)14-9-12-10-15(21-4)16(22-5)11-13(12)19(14)3/h9-11H,6-8H2,1-5H3. The third kappa shape index (κ3) is 3.76. The fourth-order valence-electron chi connectivity index (χ4n) is 2.48. The van der Waals surface area contributed by atoms with Crippen LogP contribution in [0.5, 0.6) is 11.5 Å². The van der Waals surface area contributed by atoms with Crippen LogP contribution >= 0.6 is 0 Å². The summed E-state index contributed by atoms with van der Waals surface area (Å²) < 4.78 is 17.8. The van der Waals surface area contributed by atoms with E-state index in [0.717, 1.165) is 23.9 Å². The van der Waals surface area contributed by atoms with Crippen LogP contribution in [0.4, 0.5) is 0 Å². The zero-order valence-corrected chi connectivity index (χ0v) is 14.4. The lowest BCUT2D eigenvalue weighted by atomic mass is 10.2. The number of carbonyl (C=O) groups excluding carboxylic acids is 1.